The lowest BCUT2D eigenvalue weighted by Gasteiger charge is -2.27. The molecule has 2 unspecified atom stereocenters. The lowest BCUT2D eigenvalue weighted by Crippen LogP contribution is -2.43. The van der Waals surface area contributed by atoms with Gasteiger partial charge in [-0.1, -0.05) is 0 Å². The van der Waals surface area contributed by atoms with Crippen molar-refractivity contribution in [2.45, 2.75) is 75.5 Å². The lowest BCUT2D eigenvalue weighted by atomic mass is 9.87. The number of thiol groups is 2. The maximum absolute atomic E-state index is 12.1. The van der Waals surface area contributed by atoms with Gasteiger partial charge in [-0.25, -0.2) is 0 Å². The molecule has 0 aromatic heterocycles. The van der Waals surface area contributed by atoms with Crippen molar-refractivity contribution < 1.29 is 72.2 Å². The maximum Gasteiger partial charge on any atom is 0.500 e. The number of hydrogen-bond acceptors (Lipinski definition) is 18. The summed E-state index contributed by atoms with van der Waals surface area (Å²) in [6.07, 6.45) is 4.67. The zero-order valence-corrected chi connectivity index (χ0v) is 42.7. The van der Waals surface area contributed by atoms with Crippen molar-refractivity contribution in [1.82, 2.24) is 0 Å². The van der Waals surface area contributed by atoms with E-state index >= 15 is 0 Å². The molecule has 0 aliphatic rings. The van der Waals surface area contributed by atoms with E-state index in [0.717, 1.165) is 12.8 Å². The van der Waals surface area contributed by atoms with Gasteiger partial charge in [0.25, 0.3) is 0 Å². The molecule has 0 radical (unpaired) electrons. The van der Waals surface area contributed by atoms with E-state index < -0.39 is 47.1 Å². The molecule has 0 aromatic carbocycles. The smallest absolute Gasteiger partial charge is 0.487 e. The van der Waals surface area contributed by atoms with Crippen LogP contribution in [-0.4, -0.2) is 154 Å². The Morgan fingerprint density at radius 2 is 0.643 bits per heavy atom. The molecular formula is C32H68O16S4Si4. The third-order valence-electron chi connectivity index (χ3n) is 9.16. The monoisotopic (exact) mass is 948 g/mol. The van der Waals surface area contributed by atoms with Crippen LogP contribution in [0.15, 0.2) is 0 Å². The minimum Gasteiger partial charge on any atom is -0.487 e. The van der Waals surface area contributed by atoms with Gasteiger partial charge in [0.05, 0.1) is 13.2 Å². The summed E-state index contributed by atoms with van der Waals surface area (Å²) < 4.78 is 75.7. The number of ether oxygens (including phenoxy) is 2. The number of rotatable bonds is 34. The Morgan fingerprint density at radius 1 is 0.429 bits per heavy atom. The molecule has 2 atom stereocenters. The third kappa shape index (κ3) is 22.2. The van der Waals surface area contributed by atoms with Crippen LogP contribution in [0.2, 0.25) is 24.2 Å². The van der Waals surface area contributed by atoms with Crippen molar-refractivity contribution in [3.8, 4) is 0 Å². The van der Waals surface area contributed by atoms with Gasteiger partial charge in [-0.05, 0) is 63.0 Å². The third-order valence-corrected chi connectivity index (χ3v) is 21.8. The zero-order chi connectivity index (χ0) is 43.3. The number of carbonyl (C=O) groups excluding carboxylic acids is 2. The van der Waals surface area contributed by atoms with E-state index in [2.05, 4.69) is 25.3 Å². The van der Waals surface area contributed by atoms with Crippen molar-refractivity contribution in [2.75, 3.05) is 98.5 Å². The van der Waals surface area contributed by atoms with Crippen LogP contribution >= 0.6 is 49.7 Å². The van der Waals surface area contributed by atoms with Crippen molar-refractivity contribution in [3.63, 3.8) is 0 Å². The molecule has 56 heavy (non-hydrogen) atoms. The molecule has 16 nitrogen and oxygen atoms in total. The van der Waals surface area contributed by atoms with Crippen LogP contribution in [0.25, 0.3) is 0 Å². The first kappa shape index (κ1) is 58.3. The Bertz CT molecular complexity index is 973. The first-order valence-electron chi connectivity index (χ1n) is 17.9. The Kier molecular flexibility index (Phi) is 34.3. The number of carbonyl (C=O) groups is 2. The van der Waals surface area contributed by atoms with Gasteiger partial charge in [-0.3, -0.25) is 9.59 Å². The van der Waals surface area contributed by atoms with Crippen LogP contribution in [0.4, 0.5) is 0 Å². The highest BCUT2D eigenvalue weighted by atomic mass is 32.1. The molecule has 0 heterocycles. The maximum atomic E-state index is 12.1. The summed E-state index contributed by atoms with van der Waals surface area (Å²) in [5.74, 6) is -1.09. The number of hydrogen-bond donors (Lipinski definition) is 2. The van der Waals surface area contributed by atoms with Crippen molar-refractivity contribution in [1.29, 1.82) is 0 Å². The Balaban J connectivity index is 0. The van der Waals surface area contributed by atoms with Crippen molar-refractivity contribution in [3.05, 3.63) is 0 Å². The fourth-order valence-electron chi connectivity index (χ4n) is 5.59. The highest BCUT2D eigenvalue weighted by Crippen LogP contribution is 2.31. The summed E-state index contributed by atoms with van der Waals surface area (Å²) in [6, 6.07) is 2.40. The first-order valence-corrected chi connectivity index (χ1v) is 27.4. The molecule has 0 saturated heterocycles. The molecule has 0 aliphatic carbocycles. The first-order chi connectivity index (χ1) is 26.6. The van der Waals surface area contributed by atoms with Gasteiger partial charge in [0, 0.05) is 134 Å². The topological polar surface area (TPSA) is 163 Å². The molecule has 0 spiro atoms. The van der Waals surface area contributed by atoms with E-state index in [0.29, 0.717) is 86.0 Å². The standard InChI is InChI=1S/2C16H34O8S2Si2/c1-17-27(18-2,19-3)13-7-11-23-15(25)9-10-16(26)24-12-8-14-28(20-4,21-5)22-6;1-19-27(20-2,21-3)11-7-9-13(15(17)25)14(16(18)26)10-8-12-28(22-4,23-5)24-6/h7-14H2,1-6H3;13-14H,7-12H2,1-6H3,(H,17,25)(H,18,26). The summed E-state index contributed by atoms with van der Waals surface area (Å²) in [5.41, 5.74) is 0. The predicted molar refractivity (Wildman–Crippen MR) is 235 cm³/mol. The molecule has 0 aromatic rings. The molecule has 0 amide bonds. The minimum atomic E-state index is -2.73. The molecule has 0 rings (SSSR count). The highest BCUT2D eigenvalue weighted by molar-refractivity contribution is 7.97. The fourth-order valence-corrected chi connectivity index (χ4v) is 13.5. The summed E-state index contributed by atoms with van der Waals surface area (Å²) in [4.78, 5) is 24.2. The van der Waals surface area contributed by atoms with E-state index in [1.165, 1.54) is 42.7 Å². The number of thiocarbonyl (C=S) groups is 2. The second kappa shape index (κ2) is 32.9. The van der Waals surface area contributed by atoms with Crippen molar-refractivity contribution >= 4 is 105 Å². The molecule has 332 valence electrons. The Hall–Kier alpha value is 0.208. The van der Waals surface area contributed by atoms with Gasteiger partial charge in [-0.2, -0.15) is 0 Å². The van der Waals surface area contributed by atoms with Gasteiger partial charge >= 0.3 is 35.2 Å². The SMILES string of the molecule is CO[Si](CCCC(C(=O)S)C(CCC[Si](OC)(OC)OC)C(=O)S)(OC)OC.CO[Si](CCCOC(=S)CCC(=S)OCCC[Si](OC)(OC)OC)(OC)OC. The molecule has 0 N–H and O–H groups in total. The second-order valence-corrected chi connectivity index (χ2v) is 26.2. The van der Waals surface area contributed by atoms with Gasteiger partial charge in [0.15, 0.2) is 20.3 Å². The van der Waals surface area contributed by atoms with Gasteiger partial charge in [-0.15, -0.1) is 25.3 Å². The average molecular weight is 949 g/mol. The molecule has 0 aliphatic heterocycles. The van der Waals surface area contributed by atoms with E-state index in [4.69, 9.17) is 87.0 Å². The van der Waals surface area contributed by atoms with Crippen LogP contribution in [0.1, 0.15) is 51.4 Å². The van der Waals surface area contributed by atoms with Gasteiger partial charge < -0.3 is 62.6 Å². The highest BCUT2D eigenvalue weighted by Gasteiger charge is 2.41. The van der Waals surface area contributed by atoms with E-state index in [9.17, 15) is 9.59 Å². The van der Waals surface area contributed by atoms with Crippen LogP contribution in [0.3, 0.4) is 0 Å². The van der Waals surface area contributed by atoms with Gasteiger partial charge in [0.1, 0.15) is 0 Å². The van der Waals surface area contributed by atoms with E-state index in [1.54, 1.807) is 42.7 Å². The van der Waals surface area contributed by atoms with E-state index in [1.807, 2.05) is 0 Å². The van der Waals surface area contributed by atoms with Crippen LogP contribution in [0.5, 0.6) is 0 Å². The quantitative estimate of drug-likeness (QED) is 0.0363. The molecule has 0 fully saturated rings. The molecular weight excluding hydrogens is 881 g/mol. The summed E-state index contributed by atoms with van der Waals surface area (Å²) in [6.45, 7) is 0.962. The molecule has 0 saturated carbocycles. The fraction of sp³-hybridized carbons (Fsp3) is 0.875. The summed E-state index contributed by atoms with van der Waals surface area (Å²) >= 11 is 18.5. The normalized spacial score (nSPS) is 13.4. The van der Waals surface area contributed by atoms with Crippen molar-refractivity contribution in [2.24, 2.45) is 11.8 Å². The van der Waals surface area contributed by atoms with E-state index in [-0.39, 0.29) is 10.2 Å². The summed E-state index contributed by atoms with van der Waals surface area (Å²) in [5, 5.41) is 0.353. The van der Waals surface area contributed by atoms with Gasteiger partial charge in [0.2, 0.25) is 0 Å². The van der Waals surface area contributed by atoms with Crippen LogP contribution in [0, 0.1) is 11.8 Å². The predicted octanol–water partition coefficient (Wildman–Crippen LogP) is 5.44. The zero-order valence-electron chi connectivity index (χ0n) is 35.3. The largest absolute Gasteiger partial charge is 0.500 e. The summed E-state index contributed by atoms with van der Waals surface area (Å²) in [7, 11) is 8.21. The lowest BCUT2D eigenvalue weighted by molar-refractivity contribution is -0.123. The second-order valence-electron chi connectivity index (χ2n) is 12.0. The van der Waals surface area contributed by atoms with Crippen LogP contribution < -0.4 is 0 Å². The van der Waals surface area contributed by atoms with Crippen LogP contribution in [-0.2, 0) is 72.2 Å². The Labute approximate surface area is 361 Å². The minimum absolute atomic E-state index is 0.333. The Morgan fingerprint density at radius 3 is 0.839 bits per heavy atom. The average Bonchev–Trinajstić information content (AvgIpc) is 3.22. The molecule has 0 bridgehead atoms. The molecule has 24 heteroatoms.